The fraction of sp³-hybridized carbons (Fsp3) is 0.625. The number of hydrogen-bond acceptors (Lipinski definition) is 4. The number of halogens is 1. The number of sulfonamides is 1. The molecule has 1 aliphatic rings. The molecule has 1 aliphatic heterocycles. The molecule has 0 aliphatic carbocycles. The molecule has 0 radical (unpaired) electrons. The number of rotatable bonds is 7. The predicted octanol–water partition coefficient (Wildman–Crippen LogP) is 1.68. The monoisotopic (exact) mass is 344 g/mol. The molecule has 23 heavy (non-hydrogen) atoms. The van der Waals surface area contributed by atoms with Crippen LogP contribution in [0.25, 0.3) is 0 Å². The van der Waals surface area contributed by atoms with Gasteiger partial charge in [-0.15, -0.1) is 0 Å². The highest BCUT2D eigenvalue weighted by molar-refractivity contribution is 7.89. The van der Waals surface area contributed by atoms with Crippen molar-refractivity contribution in [3.05, 3.63) is 30.1 Å². The first-order valence-electron chi connectivity index (χ1n) is 8.13. The van der Waals surface area contributed by atoms with Crippen LogP contribution in [0.1, 0.15) is 25.7 Å². The number of unbranched alkanes of at least 4 members (excludes halogenated alkanes) is 2. The Morgan fingerprint density at radius 2 is 1.74 bits per heavy atom. The van der Waals surface area contributed by atoms with Gasteiger partial charge in [0.25, 0.3) is 0 Å². The molecule has 1 fully saturated rings. The second kappa shape index (κ2) is 8.73. The fourth-order valence-corrected chi connectivity index (χ4v) is 4.26. The van der Waals surface area contributed by atoms with E-state index in [4.69, 9.17) is 5.11 Å². The molecule has 1 aromatic carbocycles. The van der Waals surface area contributed by atoms with Crippen molar-refractivity contribution in [3.8, 4) is 0 Å². The van der Waals surface area contributed by atoms with E-state index in [0.29, 0.717) is 19.6 Å². The zero-order valence-corrected chi connectivity index (χ0v) is 14.1. The summed E-state index contributed by atoms with van der Waals surface area (Å²) >= 11 is 0. The highest BCUT2D eigenvalue weighted by Gasteiger charge is 2.26. The third kappa shape index (κ3) is 5.24. The highest BCUT2D eigenvalue weighted by atomic mass is 32.2. The lowest BCUT2D eigenvalue weighted by Crippen LogP contribution is -2.35. The lowest BCUT2D eigenvalue weighted by Gasteiger charge is -2.21. The van der Waals surface area contributed by atoms with Crippen molar-refractivity contribution >= 4 is 10.0 Å². The Kier molecular flexibility index (Phi) is 6.95. The number of aliphatic hydroxyl groups is 1. The van der Waals surface area contributed by atoms with E-state index >= 15 is 0 Å². The van der Waals surface area contributed by atoms with E-state index < -0.39 is 15.8 Å². The Bertz CT molecular complexity index is 577. The van der Waals surface area contributed by atoms with E-state index in [0.717, 1.165) is 38.8 Å². The van der Waals surface area contributed by atoms with Crippen LogP contribution in [0.4, 0.5) is 4.39 Å². The SMILES string of the molecule is O=S(=O)(c1ccc(F)cc1)N1CCCN(CCCCCO)CC1. The summed E-state index contributed by atoms with van der Waals surface area (Å²) in [6.07, 6.45) is 3.62. The molecule has 1 N–H and O–H groups in total. The molecule has 7 heteroatoms. The third-order valence-electron chi connectivity index (χ3n) is 4.13. The fourth-order valence-electron chi connectivity index (χ4n) is 2.79. The van der Waals surface area contributed by atoms with Gasteiger partial charge in [-0.25, -0.2) is 12.8 Å². The van der Waals surface area contributed by atoms with Crippen molar-refractivity contribution in [3.63, 3.8) is 0 Å². The highest BCUT2D eigenvalue weighted by Crippen LogP contribution is 2.18. The molecule has 0 amide bonds. The van der Waals surface area contributed by atoms with Gasteiger partial charge in [-0.05, 0) is 63.0 Å². The second-order valence-corrected chi connectivity index (χ2v) is 7.78. The maximum absolute atomic E-state index is 13.0. The quantitative estimate of drug-likeness (QED) is 0.765. The molecule has 1 heterocycles. The maximum atomic E-state index is 13.0. The Morgan fingerprint density at radius 3 is 2.43 bits per heavy atom. The Hall–Kier alpha value is -1.02. The number of hydrogen-bond donors (Lipinski definition) is 1. The van der Waals surface area contributed by atoms with E-state index in [1.807, 2.05) is 0 Å². The van der Waals surface area contributed by atoms with Crippen molar-refractivity contribution in [2.24, 2.45) is 0 Å². The lowest BCUT2D eigenvalue weighted by molar-refractivity contribution is 0.259. The minimum atomic E-state index is -3.55. The molecule has 1 aromatic rings. The van der Waals surface area contributed by atoms with Crippen LogP contribution >= 0.6 is 0 Å². The van der Waals surface area contributed by atoms with Crippen molar-refractivity contribution in [2.45, 2.75) is 30.6 Å². The van der Waals surface area contributed by atoms with Crippen molar-refractivity contribution < 1.29 is 17.9 Å². The van der Waals surface area contributed by atoms with Crippen LogP contribution in [-0.4, -0.2) is 62.1 Å². The van der Waals surface area contributed by atoms with Gasteiger partial charge in [0.1, 0.15) is 5.82 Å². The summed E-state index contributed by atoms with van der Waals surface area (Å²) in [7, 11) is -3.55. The van der Waals surface area contributed by atoms with Crippen LogP contribution in [0.3, 0.4) is 0 Å². The molecule has 0 aromatic heterocycles. The van der Waals surface area contributed by atoms with Crippen molar-refractivity contribution in [1.82, 2.24) is 9.21 Å². The number of benzene rings is 1. The van der Waals surface area contributed by atoms with Gasteiger partial charge in [0, 0.05) is 26.2 Å². The smallest absolute Gasteiger partial charge is 0.243 e. The van der Waals surface area contributed by atoms with Crippen LogP contribution in [0, 0.1) is 5.82 Å². The Labute approximate surface area is 137 Å². The van der Waals surface area contributed by atoms with Gasteiger partial charge < -0.3 is 10.0 Å². The van der Waals surface area contributed by atoms with Gasteiger partial charge >= 0.3 is 0 Å². The van der Waals surface area contributed by atoms with E-state index in [2.05, 4.69) is 4.90 Å². The van der Waals surface area contributed by atoms with E-state index in [9.17, 15) is 12.8 Å². The average molecular weight is 344 g/mol. The minimum absolute atomic E-state index is 0.148. The van der Waals surface area contributed by atoms with Crippen LogP contribution in [0.5, 0.6) is 0 Å². The molecule has 0 atom stereocenters. The molecular weight excluding hydrogens is 319 g/mol. The molecule has 1 saturated heterocycles. The third-order valence-corrected chi connectivity index (χ3v) is 6.04. The molecule has 0 spiro atoms. The van der Waals surface area contributed by atoms with Crippen LogP contribution < -0.4 is 0 Å². The summed E-state index contributed by atoms with van der Waals surface area (Å²) < 4.78 is 39.7. The van der Waals surface area contributed by atoms with Gasteiger partial charge in [-0.1, -0.05) is 0 Å². The summed E-state index contributed by atoms with van der Waals surface area (Å²) in [6.45, 7) is 3.70. The molecule has 0 bridgehead atoms. The van der Waals surface area contributed by atoms with Gasteiger partial charge in [-0.2, -0.15) is 4.31 Å². The van der Waals surface area contributed by atoms with E-state index in [-0.39, 0.29) is 11.5 Å². The van der Waals surface area contributed by atoms with E-state index in [1.165, 1.54) is 28.6 Å². The Morgan fingerprint density at radius 1 is 1.00 bits per heavy atom. The predicted molar refractivity (Wildman–Crippen MR) is 87.2 cm³/mol. The topological polar surface area (TPSA) is 60.9 Å². The van der Waals surface area contributed by atoms with Crippen LogP contribution in [0.15, 0.2) is 29.2 Å². The summed E-state index contributed by atoms with van der Waals surface area (Å²) in [5, 5.41) is 8.79. The minimum Gasteiger partial charge on any atom is -0.396 e. The molecule has 0 saturated carbocycles. The zero-order chi connectivity index (χ0) is 16.7. The first kappa shape index (κ1) is 18.3. The zero-order valence-electron chi connectivity index (χ0n) is 13.3. The summed E-state index contributed by atoms with van der Waals surface area (Å²) in [6, 6.07) is 5.00. The van der Waals surface area contributed by atoms with Crippen molar-refractivity contribution in [1.29, 1.82) is 0 Å². The maximum Gasteiger partial charge on any atom is 0.243 e. The largest absolute Gasteiger partial charge is 0.396 e. The number of nitrogens with zero attached hydrogens (tertiary/aromatic N) is 2. The first-order chi connectivity index (χ1) is 11.0. The summed E-state index contributed by atoms with van der Waals surface area (Å²) in [5.74, 6) is -0.436. The van der Waals surface area contributed by atoms with Crippen LogP contribution in [-0.2, 0) is 10.0 Å². The van der Waals surface area contributed by atoms with Gasteiger partial charge in [-0.3, -0.25) is 0 Å². The number of aliphatic hydroxyl groups excluding tert-OH is 1. The van der Waals surface area contributed by atoms with E-state index in [1.54, 1.807) is 0 Å². The molecule has 2 rings (SSSR count). The standard InChI is InChI=1S/C16H25FN2O3S/c17-15-5-7-16(8-6-15)23(21,22)19-11-4-10-18(12-13-19)9-2-1-3-14-20/h5-8,20H,1-4,9-14H2. The molecule has 5 nitrogen and oxygen atoms in total. The molecule has 0 unspecified atom stereocenters. The normalized spacial score (nSPS) is 18.0. The summed E-state index contributed by atoms with van der Waals surface area (Å²) in [5.41, 5.74) is 0. The Balaban J connectivity index is 1.92. The van der Waals surface area contributed by atoms with Gasteiger partial charge in [0.05, 0.1) is 4.90 Å². The van der Waals surface area contributed by atoms with Gasteiger partial charge in [0.15, 0.2) is 0 Å². The molecular formula is C16H25FN2O3S. The summed E-state index contributed by atoms with van der Waals surface area (Å²) in [4.78, 5) is 2.42. The second-order valence-electron chi connectivity index (χ2n) is 5.84. The van der Waals surface area contributed by atoms with Crippen LogP contribution in [0.2, 0.25) is 0 Å². The lowest BCUT2D eigenvalue weighted by atomic mass is 10.2. The van der Waals surface area contributed by atoms with Crippen molar-refractivity contribution in [2.75, 3.05) is 39.3 Å². The average Bonchev–Trinajstić information content (AvgIpc) is 2.78. The van der Waals surface area contributed by atoms with Gasteiger partial charge in [0.2, 0.25) is 10.0 Å². The molecule has 130 valence electrons. The first-order valence-corrected chi connectivity index (χ1v) is 9.57.